The molecule has 2 rings (SSSR count). The highest BCUT2D eigenvalue weighted by Gasteiger charge is 2.21. The van der Waals surface area contributed by atoms with Crippen LogP contribution in [0.25, 0.3) is 0 Å². The number of anilines is 1. The quantitative estimate of drug-likeness (QED) is 0.802. The molecule has 1 unspecified atom stereocenters. The Kier molecular flexibility index (Phi) is 3.82. The van der Waals surface area contributed by atoms with Crippen molar-refractivity contribution in [3.05, 3.63) is 23.4 Å². The third-order valence-electron chi connectivity index (χ3n) is 3.08. The summed E-state index contributed by atoms with van der Waals surface area (Å²) < 4.78 is 0. The number of piperazine rings is 1. The molecule has 0 N–H and O–H groups in total. The Labute approximate surface area is 106 Å². The minimum Gasteiger partial charge on any atom is -0.354 e. The molecule has 1 aromatic rings. The normalized spacial score (nSPS) is 18.8. The number of hydrogen-bond acceptors (Lipinski definition) is 4. The van der Waals surface area contributed by atoms with Crippen molar-refractivity contribution in [1.82, 2.24) is 9.88 Å². The maximum absolute atomic E-state index is 8.87. The summed E-state index contributed by atoms with van der Waals surface area (Å²) in [5.74, 6) is 0.957. The Bertz CT molecular complexity index is 404. The fraction of sp³-hybridized carbons (Fsp3) is 0.500. The number of nitrogens with zero attached hydrogens (tertiary/aromatic N) is 4. The van der Waals surface area contributed by atoms with E-state index in [9.17, 15) is 0 Å². The molecule has 1 atom stereocenters. The van der Waals surface area contributed by atoms with Gasteiger partial charge in [-0.15, -0.1) is 0 Å². The molecule has 2 heterocycles. The average Bonchev–Trinajstić information content (AvgIpc) is 2.39. The van der Waals surface area contributed by atoms with E-state index in [-0.39, 0.29) is 6.04 Å². The molecule has 0 spiro atoms. The van der Waals surface area contributed by atoms with Gasteiger partial charge in [0.15, 0.2) is 0 Å². The summed E-state index contributed by atoms with van der Waals surface area (Å²) in [7, 11) is 0. The van der Waals surface area contributed by atoms with E-state index >= 15 is 0 Å². The summed E-state index contributed by atoms with van der Waals surface area (Å²) in [5.41, 5.74) is 0. The van der Waals surface area contributed by atoms with Crippen molar-refractivity contribution in [2.75, 3.05) is 31.1 Å². The lowest BCUT2D eigenvalue weighted by atomic mass is 10.2. The summed E-state index contributed by atoms with van der Waals surface area (Å²) >= 11 is 5.81. The Morgan fingerprint density at radius 1 is 1.35 bits per heavy atom. The molecule has 0 aromatic carbocycles. The Morgan fingerprint density at radius 3 is 2.59 bits per heavy atom. The van der Waals surface area contributed by atoms with Gasteiger partial charge in [0.05, 0.1) is 17.1 Å². The number of nitriles is 1. The predicted octanol–water partition coefficient (Wildman–Crippen LogP) is 1.77. The van der Waals surface area contributed by atoms with Crippen LogP contribution >= 0.6 is 11.6 Å². The Hall–Kier alpha value is -1.31. The standard InChI is InChI=1S/C12H15ClN4/c1-10(8-14)16-4-6-17(7-5-16)12-3-2-11(13)9-15-12/h2-3,9-10H,4-7H2,1H3. The number of aromatic nitrogens is 1. The van der Waals surface area contributed by atoms with Gasteiger partial charge in [-0.25, -0.2) is 4.98 Å². The predicted molar refractivity (Wildman–Crippen MR) is 68.1 cm³/mol. The minimum atomic E-state index is -0.00433. The van der Waals surface area contributed by atoms with Crippen LogP contribution in [0.1, 0.15) is 6.92 Å². The van der Waals surface area contributed by atoms with Crippen molar-refractivity contribution in [3.63, 3.8) is 0 Å². The molecule has 0 saturated carbocycles. The van der Waals surface area contributed by atoms with Gasteiger partial charge in [-0.2, -0.15) is 5.26 Å². The first-order valence-corrected chi connectivity index (χ1v) is 6.08. The van der Waals surface area contributed by atoms with E-state index < -0.39 is 0 Å². The molecule has 1 fully saturated rings. The highest BCUT2D eigenvalue weighted by Crippen LogP contribution is 2.16. The third kappa shape index (κ3) is 2.87. The first-order valence-electron chi connectivity index (χ1n) is 5.71. The van der Waals surface area contributed by atoms with Gasteiger partial charge in [0.25, 0.3) is 0 Å². The molecule has 0 radical (unpaired) electrons. The largest absolute Gasteiger partial charge is 0.354 e. The molecule has 1 aromatic heterocycles. The van der Waals surface area contributed by atoms with Gasteiger partial charge < -0.3 is 4.90 Å². The molecule has 4 nitrogen and oxygen atoms in total. The molecule has 0 bridgehead atoms. The van der Waals surface area contributed by atoms with Crippen LogP contribution in [0.5, 0.6) is 0 Å². The fourth-order valence-corrected chi connectivity index (χ4v) is 2.09. The van der Waals surface area contributed by atoms with Gasteiger partial charge in [-0.3, -0.25) is 4.90 Å². The topological polar surface area (TPSA) is 43.2 Å². The Morgan fingerprint density at radius 2 is 2.06 bits per heavy atom. The molecular weight excluding hydrogens is 236 g/mol. The number of hydrogen-bond donors (Lipinski definition) is 0. The van der Waals surface area contributed by atoms with Crippen molar-refractivity contribution in [2.45, 2.75) is 13.0 Å². The SMILES string of the molecule is CC(C#N)N1CCN(c2ccc(Cl)cn2)CC1. The van der Waals surface area contributed by atoms with Crippen LogP contribution in [-0.2, 0) is 0 Å². The molecule has 17 heavy (non-hydrogen) atoms. The van der Waals surface area contributed by atoms with E-state index in [4.69, 9.17) is 16.9 Å². The zero-order valence-electron chi connectivity index (χ0n) is 9.80. The van der Waals surface area contributed by atoms with Crippen molar-refractivity contribution < 1.29 is 0 Å². The second kappa shape index (κ2) is 5.35. The van der Waals surface area contributed by atoms with Crippen LogP contribution in [0, 0.1) is 11.3 Å². The molecule has 0 aliphatic carbocycles. The molecule has 1 saturated heterocycles. The summed E-state index contributed by atoms with van der Waals surface area (Å²) in [6, 6.07) is 6.06. The summed E-state index contributed by atoms with van der Waals surface area (Å²) in [6.45, 7) is 5.55. The van der Waals surface area contributed by atoms with Gasteiger partial charge in [0.2, 0.25) is 0 Å². The molecule has 1 aliphatic heterocycles. The first kappa shape index (κ1) is 12.2. The van der Waals surface area contributed by atoms with Crippen LogP contribution in [-0.4, -0.2) is 42.1 Å². The van der Waals surface area contributed by atoms with E-state index in [1.165, 1.54) is 0 Å². The van der Waals surface area contributed by atoms with Crippen LogP contribution in [0.3, 0.4) is 0 Å². The molecule has 5 heteroatoms. The van der Waals surface area contributed by atoms with Gasteiger partial charge in [0.1, 0.15) is 5.82 Å². The summed E-state index contributed by atoms with van der Waals surface area (Å²) in [4.78, 5) is 8.71. The fourth-order valence-electron chi connectivity index (χ4n) is 1.98. The summed E-state index contributed by atoms with van der Waals surface area (Å²) in [6.07, 6.45) is 1.67. The van der Waals surface area contributed by atoms with Gasteiger partial charge in [-0.1, -0.05) is 11.6 Å². The third-order valence-corrected chi connectivity index (χ3v) is 3.31. The molecule has 90 valence electrons. The van der Waals surface area contributed by atoms with Crippen LogP contribution in [0.15, 0.2) is 18.3 Å². The van der Waals surface area contributed by atoms with Crippen LogP contribution in [0.2, 0.25) is 5.02 Å². The van der Waals surface area contributed by atoms with Crippen molar-refractivity contribution in [1.29, 1.82) is 5.26 Å². The lowest BCUT2D eigenvalue weighted by molar-refractivity contribution is 0.231. The van der Waals surface area contributed by atoms with Crippen molar-refractivity contribution in [3.8, 4) is 6.07 Å². The van der Waals surface area contributed by atoms with E-state index in [2.05, 4.69) is 20.9 Å². The highest BCUT2D eigenvalue weighted by atomic mass is 35.5. The van der Waals surface area contributed by atoms with E-state index in [1.54, 1.807) is 6.20 Å². The van der Waals surface area contributed by atoms with Gasteiger partial charge in [0, 0.05) is 32.4 Å². The minimum absolute atomic E-state index is 0.00433. The zero-order chi connectivity index (χ0) is 12.3. The monoisotopic (exact) mass is 250 g/mol. The average molecular weight is 251 g/mol. The van der Waals surface area contributed by atoms with Crippen LogP contribution < -0.4 is 4.90 Å². The van der Waals surface area contributed by atoms with E-state index in [0.717, 1.165) is 32.0 Å². The first-order chi connectivity index (χ1) is 8.20. The smallest absolute Gasteiger partial charge is 0.128 e. The van der Waals surface area contributed by atoms with Crippen molar-refractivity contribution >= 4 is 17.4 Å². The highest BCUT2D eigenvalue weighted by molar-refractivity contribution is 6.30. The Balaban J connectivity index is 1.95. The number of pyridine rings is 1. The lowest BCUT2D eigenvalue weighted by Gasteiger charge is -2.36. The molecular formula is C12H15ClN4. The van der Waals surface area contributed by atoms with Crippen LogP contribution in [0.4, 0.5) is 5.82 Å². The van der Waals surface area contributed by atoms with E-state index in [0.29, 0.717) is 5.02 Å². The second-order valence-electron chi connectivity index (χ2n) is 4.16. The second-order valence-corrected chi connectivity index (χ2v) is 4.60. The van der Waals surface area contributed by atoms with Gasteiger partial charge >= 0.3 is 0 Å². The summed E-state index contributed by atoms with van der Waals surface area (Å²) in [5, 5.41) is 9.53. The maximum Gasteiger partial charge on any atom is 0.128 e. The molecule has 1 aliphatic rings. The van der Waals surface area contributed by atoms with Crippen molar-refractivity contribution in [2.24, 2.45) is 0 Å². The maximum atomic E-state index is 8.87. The lowest BCUT2D eigenvalue weighted by Crippen LogP contribution is -2.49. The number of halogens is 1. The molecule has 0 amide bonds. The van der Waals surface area contributed by atoms with E-state index in [1.807, 2.05) is 19.1 Å². The van der Waals surface area contributed by atoms with Gasteiger partial charge in [-0.05, 0) is 19.1 Å². The number of rotatable bonds is 2. The zero-order valence-corrected chi connectivity index (χ0v) is 10.6.